The van der Waals surface area contributed by atoms with E-state index in [1.54, 1.807) is 19.1 Å². The van der Waals surface area contributed by atoms with Gasteiger partial charge in [0.2, 0.25) is 0 Å². The molecule has 2 aliphatic rings. The molecule has 2 heterocycles. The van der Waals surface area contributed by atoms with Gasteiger partial charge < -0.3 is 47.7 Å². The van der Waals surface area contributed by atoms with Crippen molar-refractivity contribution in [2.24, 2.45) is 0 Å². The Morgan fingerprint density at radius 3 is 2.29 bits per heavy atom. The van der Waals surface area contributed by atoms with E-state index in [2.05, 4.69) is 11.0 Å². The molecule has 0 unspecified atom stereocenters. The van der Waals surface area contributed by atoms with Crippen molar-refractivity contribution in [3.63, 3.8) is 0 Å². The number of piperidine rings is 1. The van der Waals surface area contributed by atoms with Crippen LogP contribution in [0.2, 0.25) is 0 Å². The Hall–Kier alpha value is -4.36. The number of hydrogen-bond acceptors (Lipinski definition) is 11. The predicted molar refractivity (Wildman–Crippen MR) is 190 cm³/mol. The van der Waals surface area contributed by atoms with Crippen LogP contribution in [0, 0.1) is 0 Å². The summed E-state index contributed by atoms with van der Waals surface area (Å²) >= 11 is 0. The largest absolute Gasteiger partial charge is 0.494 e. The number of carbonyl (C=O) groups excluding carboxylic acids is 2. The summed E-state index contributed by atoms with van der Waals surface area (Å²) < 4.78 is 45.8. The number of likely N-dealkylation sites (tertiary alicyclic amines) is 1. The van der Waals surface area contributed by atoms with Gasteiger partial charge in [0, 0.05) is 46.3 Å². The zero-order chi connectivity index (χ0) is 35.8. The summed E-state index contributed by atoms with van der Waals surface area (Å²) in [5.74, 6) is 0.724. The Labute approximate surface area is 300 Å². The Bertz CT molecular complexity index is 1510. The van der Waals surface area contributed by atoms with E-state index < -0.39 is 24.3 Å². The molecule has 3 aromatic carbocycles. The lowest BCUT2D eigenvalue weighted by Crippen LogP contribution is -2.54. The Kier molecular flexibility index (Phi) is 14.8. The SMILES string of the molecule is COCCCOc1ccc([C@@H]2[C@@H](OCc3ccc4c(c3)N(CCCOC)CCO4)CN(C(=O)OCc3ccccc3)C[C@H]2OCC(=O)OC)cc1. The molecule has 1 saturated heterocycles. The molecule has 1 amide bonds. The topological polar surface area (TPSA) is 114 Å². The van der Waals surface area contributed by atoms with Gasteiger partial charge in [-0.25, -0.2) is 9.59 Å². The third-order valence-electron chi connectivity index (χ3n) is 8.96. The molecule has 0 spiro atoms. The second-order valence-corrected chi connectivity index (χ2v) is 12.5. The first-order valence-corrected chi connectivity index (χ1v) is 17.5. The summed E-state index contributed by atoms with van der Waals surface area (Å²) in [5.41, 5.74) is 3.79. The van der Waals surface area contributed by atoms with Crippen LogP contribution in [0.1, 0.15) is 35.4 Å². The van der Waals surface area contributed by atoms with Crippen molar-refractivity contribution in [1.82, 2.24) is 4.90 Å². The van der Waals surface area contributed by atoms with Gasteiger partial charge in [-0.15, -0.1) is 0 Å². The van der Waals surface area contributed by atoms with Crippen LogP contribution in [0.5, 0.6) is 11.5 Å². The molecule has 1 fully saturated rings. The number of rotatable bonds is 18. The number of amides is 1. The predicted octanol–water partition coefficient (Wildman–Crippen LogP) is 5.22. The van der Waals surface area contributed by atoms with Gasteiger partial charge >= 0.3 is 12.1 Å². The molecule has 5 rings (SSSR count). The van der Waals surface area contributed by atoms with Crippen LogP contribution in [0.25, 0.3) is 0 Å². The molecule has 0 aromatic heterocycles. The van der Waals surface area contributed by atoms with E-state index in [1.807, 2.05) is 66.7 Å². The van der Waals surface area contributed by atoms with Crippen molar-refractivity contribution in [2.45, 2.75) is 44.2 Å². The fraction of sp³-hybridized carbons (Fsp3) is 0.487. The maximum absolute atomic E-state index is 13.5. The van der Waals surface area contributed by atoms with Crippen LogP contribution in [0.4, 0.5) is 10.5 Å². The smallest absolute Gasteiger partial charge is 0.410 e. The summed E-state index contributed by atoms with van der Waals surface area (Å²) in [6.45, 7) is 4.67. The highest BCUT2D eigenvalue weighted by Crippen LogP contribution is 2.36. The lowest BCUT2D eigenvalue weighted by Gasteiger charge is -2.43. The van der Waals surface area contributed by atoms with Gasteiger partial charge in [0.15, 0.2) is 0 Å². The molecule has 276 valence electrons. The van der Waals surface area contributed by atoms with E-state index in [4.69, 9.17) is 37.9 Å². The molecule has 3 aromatic rings. The van der Waals surface area contributed by atoms with Gasteiger partial charge in [0.25, 0.3) is 0 Å². The molecule has 3 atom stereocenters. The zero-order valence-electron chi connectivity index (χ0n) is 29.8. The molecule has 0 radical (unpaired) electrons. The monoisotopic (exact) mass is 706 g/mol. The molecule has 12 heteroatoms. The number of carbonyl (C=O) groups is 2. The maximum atomic E-state index is 13.5. The van der Waals surface area contributed by atoms with Gasteiger partial charge in [-0.3, -0.25) is 0 Å². The minimum atomic E-state index is -0.603. The molecule has 0 bridgehead atoms. The van der Waals surface area contributed by atoms with E-state index in [9.17, 15) is 9.59 Å². The van der Waals surface area contributed by atoms with Gasteiger partial charge in [-0.1, -0.05) is 48.5 Å². The van der Waals surface area contributed by atoms with Crippen LogP contribution in [-0.4, -0.2) is 110 Å². The summed E-state index contributed by atoms with van der Waals surface area (Å²) in [7, 11) is 4.69. The third-order valence-corrected chi connectivity index (χ3v) is 8.96. The van der Waals surface area contributed by atoms with E-state index >= 15 is 0 Å². The highest BCUT2D eigenvalue weighted by molar-refractivity contribution is 5.70. The molecular weight excluding hydrogens is 656 g/mol. The highest BCUT2D eigenvalue weighted by atomic mass is 16.6. The molecule has 51 heavy (non-hydrogen) atoms. The second kappa shape index (κ2) is 19.9. The summed E-state index contributed by atoms with van der Waals surface area (Å²) in [4.78, 5) is 29.7. The number of fused-ring (bicyclic) bond motifs is 1. The van der Waals surface area contributed by atoms with Crippen molar-refractivity contribution in [2.75, 3.05) is 85.4 Å². The Morgan fingerprint density at radius 1 is 0.804 bits per heavy atom. The number of esters is 1. The minimum Gasteiger partial charge on any atom is -0.494 e. The fourth-order valence-corrected chi connectivity index (χ4v) is 6.33. The molecule has 2 aliphatic heterocycles. The zero-order valence-corrected chi connectivity index (χ0v) is 29.8. The van der Waals surface area contributed by atoms with Crippen molar-refractivity contribution < 1.29 is 47.5 Å². The normalized spacial score (nSPS) is 18.5. The molecule has 0 aliphatic carbocycles. The van der Waals surface area contributed by atoms with Crippen molar-refractivity contribution in [3.05, 3.63) is 89.5 Å². The first-order valence-electron chi connectivity index (χ1n) is 17.5. The number of methoxy groups -OCH3 is 3. The van der Waals surface area contributed by atoms with Crippen molar-refractivity contribution >= 4 is 17.7 Å². The van der Waals surface area contributed by atoms with Gasteiger partial charge in [-0.2, -0.15) is 0 Å². The van der Waals surface area contributed by atoms with E-state index in [1.165, 1.54) is 7.11 Å². The highest BCUT2D eigenvalue weighted by Gasteiger charge is 2.42. The average Bonchev–Trinajstić information content (AvgIpc) is 3.17. The lowest BCUT2D eigenvalue weighted by molar-refractivity contribution is -0.152. The summed E-state index contributed by atoms with van der Waals surface area (Å²) in [5, 5.41) is 0. The molecular formula is C39H50N2O10. The standard InChI is InChI=1S/C39H50N2O10/c1-44-19-7-17-40-18-22-48-34-16-11-30(23-33(34)40)27-49-35-24-41(39(43)51-26-29-9-5-4-6-10-29)25-36(50-28-37(42)46-3)38(35)31-12-14-32(15-13-31)47-21-8-20-45-2/h4-6,9-16,23,35-36,38H,7-8,17-22,24-28H2,1-3H3/t35-,36+,38+/m0/s1. The van der Waals surface area contributed by atoms with Crippen molar-refractivity contribution in [3.8, 4) is 11.5 Å². The van der Waals surface area contributed by atoms with Crippen LogP contribution in [0.15, 0.2) is 72.8 Å². The average molecular weight is 707 g/mol. The van der Waals surface area contributed by atoms with Gasteiger partial charge in [-0.05, 0) is 47.4 Å². The Balaban J connectivity index is 1.38. The molecule has 12 nitrogen and oxygen atoms in total. The number of anilines is 1. The summed E-state index contributed by atoms with van der Waals surface area (Å²) in [6.07, 6.45) is 0.0737. The Morgan fingerprint density at radius 2 is 1.55 bits per heavy atom. The first-order chi connectivity index (χ1) is 25.0. The lowest BCUT2D eigenvalue weighted by atomic mass is 9.84. The third kappa shape index (κ3) is 11.1. The van der Waals surface area contributed by atoms with Crippen molar-refractivity contribution in [1.29, 1.82) is 0 Å². The van der Waals surface area contributed by atoms with Gasteiger partial charge in [0.1, 0.15) is 31.3 Å². The van der Waals surface area contributed by atoms with Crippen LogP contribution >= 0.6 is 0 Å². The van der Waals surface area contributed by atoms with Crippen LogP contribution in [0.3, 0.4) is 0 Å². The van der Waals surface area contributed by atoms with Crippen LogP contribution < -0.4 is 14.4 Å². The first kappa shape index (κ1) is 37.9. The maximum Gasteiger partial charge on any atom is 0.410 e. The number of ether oxygens (including phenoxy) is 8. The number of hydrogen-bond donors (Lipinski definition) is 0. The van der Waals surface area contributed by atoms with Crippen LogP contribution in [-0.2, 0) is 46.4 Å². The second-order valence-electron chi connectivity index (χ2n) is 12.5. The fourth-order valence-electron chi connectivity index (χ4n) is 6.33. The van der Waals surface area contributed by atoms with E-state index in [-0.39, 0.29) is 38.8 Å². The number of benzene rings is 3. The van der Waals surface area contributed by atoms with Gasteiger partial charge in [0.05, 0.1) is 57.9 Å². The summed E-state index contributed by atoms with van der Waals surface area (Å²) in [6, 6.07) is 23.4. The number of nitrogens with zero attached hydrogens (tertiary/aromatic N) is 2. The molecule has 0 saturated carbocycles. The molecule has 0 N–H and O–H groups in total. The van der Waals surface area contributed by atoms with E-state index in [0.29, 0.717) is 26.4 Å². The minimum absolute atomic E-state index is 0.128. The quantitative estimate of drug-likeness (QED) is 0.128. The van der Waals surface area contributed by atoms with E-state index in [0.717, 1.165) is 59.8 Å².